The fourth-order valence-corrected chi connectivity index (χ4v) is 0. The molecule has 0 aromatic heterocycles. The molecule has 0 amide bonds. The summed E-state index contributed by atoms with van der Waals surface area (Å²) in [7, 11) is -8.56. The Kier molecular flexibility index (Phi) is 36.3. The van der Waals surface area contributed by atoms with Crippen LogP contribution in [0.1, 0.15) is 0 Å². The monoisotopic (exact) mass is 389 g/mol. The molecule has 0 heterocycles. The second kappa shape index (κ2) is 19.5. The Morgan fingerprint density at radius 1 is 0.385 bits per heavy atom. The Morgan fingerprint density at radius 2 is 0.385 bits per heavy atom. The van der Waals surface area contributed by atoms with Gasteiger partial charge in [0.1, 0.15) is 0 Å². The molecule has 0 saturated carbocycles. The van der Waals surface area contributed by atoms with E-state index in [0.717, 1.165) is 0 Å². The third-order valence-corrected chi connectivity index (χ3v) is 0. The summed E-state index contributed by atoms with van der Waals surface area (Å²) in [5.74, 6) is 0. The van der Waals surface area contributed by atoms with E-state index in [-0.39, 0.29) is 41.7 Å². The Hall–Kier alpha value is 1.89. The van der Waals surface area contributed by atoms with Gasteiger partial charge in [0.05, 0.1) is 32.4 Å². The zero-order valence-corrected chi connectivity index (χ0v) is 10.7. The van der Waals surface area contributed by atoms with E-state index in [1.807, 2.05) is 0 Å². The van der Waals surface area contributed by atoms with Gasteiger partial charge in [0.15, 0.2) is 0 Å². The quantitative estimate of drug-likeness (QED) is 0.384. The Labute approximate surface area is 115 Å². The van der Waals surface area contributed by atoms with E-state index in [9.17, 15) is 0 Å². The van der Waals surface area contributed by atoms with Crippen LogP contribution in [0.2, 0.25) is 0 Å². The Bertz CT molecular complexity index is 43.4. The summed E-state index contributed by atoms with van der Waals surface area (Å²) in [6, 6.07) is 0. The van der Waals surface area contributed by atoms with Crippen molar-refractivity contribution in [1.82, 2.24) is 0 Å². The summed E-state index contributed by atoms with van der Waals surface area (Å²) < 4.78 is 75.7. The van der Waals surface area contributed by atoms with Gasteiger partial charge in [-0.25, -0.2) is 0 Å². The van der Waals surface area contributed by atoms with Crippen molar-refractivity contribution in [3.05, 3.63) is 0 Å². The molecule has 13 heteroatoms. The molecule has 0 aromatic carbocycles. The second-order valence-corrected chi connectivity index (χ2v) is 1.70. The fourth-order valence-electron chi connectivity index (χ4n) is 0. The summed E-state index contributed by atoms with van der Waals surface area (Å²) in [6.45, 7) is 0. The molecule has 0 aliphatic rings. The molecule has 0 saturated heterocycles. The van der Waals surface area contributed by atoms with Gasteiger partial charge in [0, 0.05) is 0 Å². The molecular formula is CeCl3O9. The van der Waals surface area contributed by atoms with Crippen molar-refractivity contribution in [3.63, 3.8) is 0 Å². The van der Waals surface area contributed by atoms with Crippen LogP contribution in [0.4, 0.5) is 0 Å². The average molecular weight is 390 g/mol. The molecule has 9 nitrogen and oxygen atoms in total. The maximum Gasteiger partial charge on any atom is 3.00 e. The van der Waals surface area contributed by atoms with E-state index in [1.165, 1.54) is 0 Å². The predicted molar refractivity (Wildman–Crippen MR) is 0 cm³/mol. The van der Waals surface area contributed by atoms with Crippen LogP contribution in [0, 0.1) is 74.1 Å². The molecule has 0 atom stereocenters. The molecule has 13 heavy (non-hydrogen) atoms. The van der Waals surface area contributed by atoms with Gasteiger partial charge >= 0.3 is 41.7 Å². The smallest absolute Gasteiger partial charge is 0.357 e. The molecule has 0 aliphatic carbocycles. The number of hydrogen-bond acceptors (Lipinski definition) is 9. The second-order valence-electron chi connectivity index (χ2n) is 0.567. The molecule has 0 aromatic rings. The first-order chi connectivity index (χ1) is 5.20. The van der Waals surface area contributed by atoms with Crippen molar-refractivity contribution < 1.29 is 116 Å². The molecule has 0 unspecified atom stereocenters. The standard InChI is InChI=1S/Ce.3ClO3/c;3*2-1(3)4/q+3;3*-1. The third-order valence-electron chi connectivity index (χ3n) is 0. The first-order valence-corrected chi connectivity index (χ1v) is 4.17. The van der Waals surface area contributed by atoms with Crippen LogP contribution >= 0.6 is 0 Å². The largest absolute Gasteiger partial charge is 3.00 e. The molecule has 0 bridgehead atoms. The van der Waals surface area contributed by atoms with Crippen molar-refractivity contribution in [2.45, 2.75) is 0 Å². The normalized spacial score (nSPS) is 8.31. The summed E-state index contributed by atoms with van der Waals surface area (Å²) in [5, 5.41) is 0. The van der Waals surface area contributed by atoms with Gasteiger partial charge in [-0.05, 0) is 0 Å². The summed E-state index contributed by atoms with van der Waals surface area (Å²) in [4.78, 5) is 0. The van der Waals surface area contributed by atoms with Crippen LogP contribution < -0.4 is 41.9 Å². The van der Waals surface area contributed by atoms with Crippen LogP contribution in [0.5, 0.6) is 0 Å². The maximum absolute atomic E-state index is 8.41. The first kappa shape index (κ1) is 24.2. The molecule has 0 fully saturated rings. The van der Waals surface area contributed by atoms with Crippen LogP contribution in [0.3, 0.4) is 0 Å². The third kappa shape index (κ3) is 551. The van der Waals surface area contributed by atoms with Gasteiger partial charge in [-0.2, -0.15) is 0 Å². The molecule has 0 rings (SSSR count). The first-order valence-electron chi connectivity index (χ1n) is 1.39. The fraction of sp³-hybridized carbons (Fsp3) is 0. The Balaban J connectivity index is -0.0000000450. The minimum Gasteiger partial charge on any atom is -0.357 e. The summed E-state index contributed by atoms with van der Waals surface area (Å²) >= 11 is 0. The zero-order chi connectivity index (χ0) is 10.7. The molecule has 0 N–H and O–H groups in total. The van der Waals surface area contributed by atoms with E-state index in [0.29, 0.717) is 0 Å². The predicted octanol–water partition coefficient (Wildman–Crippen LogP) is -10.7. The van der Waals surface area contributed by atoms with Crippen molar-refractivity contribution >= 4 is 0 Å². The minimum atomic E-state index is -2.85. The van der Waals surface area contributed by atoms with Gasteiger partial charge in [-0.15, -0.1) is 0 Å². The Morgan fingerprint density at radius 3 is 0.385 bits per heavy atom. The van der Waals surface area contributed by atoms with Crippen LogP contribution in [-0.4, -0.2) is 0 Å². The molecule has 79 valence electrons. The van der Waals surface area contributed by atoms with Crippen LogP contribution in [0.25, 0.3) is 0 Å². The SMILES string of the molecule is [Ce+3].[O-][Cl+2]([O-])[O-].[O-][Cl+2]([O-])[O-].[O-][Cl+2]([O-])[O-]. The van der Waals surface area contributed by atoms with E-state index < -0.39 is 32.4 Å². The molecule has 0 spiro atoms. The zero-order valence-electron chi connectivity index (χ0n) is 5.31. The molecular weight excluding hydrogens is 390 g/mol. The topological polar surface area (TPSA) is 208 Å². The van der Waals surface area contributed by atoms with Gasteiger partial charge < -0.3 is 41.9 Å². The van der Waals surface area contributed by atoms with Gasteiger partial charge in [-0.1, -0.05) is 0 Å². The van der Waals surface area contributed by atoms with Crippen molar-refractivity contribution in [1.29, 1.82) is 0 Å². The van der Waals surface area contributed by atoms with Crippen LogP contribution in [0.15, 0.2) is 0 Å². The number of hydrogen-bond donors (Lipinski definition) is 0. The van der Waals surface area contributed by atoms with Gasteiger partial charge in [0.2, 0.25) is 0 Å². The average Bonchev–Trinajstić information content (AvgIpc) is 1.54. The number of rotatable bonds is 0. The van der Waals surface area contributed by atoms with E-state index >= 15 is 0 Å². The maximum atomic E-state index is 8.41. The molecule has 0 aliphatic heterocycles. The minimum absolute atomic E-state index is 0. The van der Waals surface area contributed by atoms with E-state index in [1.54, 1.807) is 0 Å². The number of halogens is 3. The van der Waals surface area contributed by atoms with Gasteiger partial charge in [0.25, 0.3) is 0 Å². The van der Waals surface area contributed by atoms with Crippen molar-refractivity contribution in [2.75, 3.05) is 0 Å². The van der Waals surface area contributed by atoms with Gasteiger partial charge in [-0.3, -0.25) is 0 Å². The summed E-state index contributed by atoms with van der Waals surface area (Å²) in [6.07, 6.45) is 0. The van der Waals surface area contributed by atoms with Crippen molar-refractivity contribution in [3.8, 4) is 0 Å². The van der Waals surface area contributed by atoms with E-state index in [4.69, 9.17) is 41.9 Å². The van der Waals surface area contributed by atoms with Crippen molar-refractivity contribution in [2.24, 2.45) is 0 Å². The molecule has 1 radical (unpaired) electrons. The summed E-state index contributed by atoms with van der Waals surface area (Å²) in [5.41, 5.74) is 0. The van der Waals surface area contributed by atoms with Crippen LogP contribution in [-0.2, 0) is 0 Å². The van der Waals surface area contributed by atoms with E-state index in [2.05, 4.69) is 0 Å².